The number of fused-ring (bicyclic) bond motifs is 4. The van der Waals surface area contributed by atoms with E-state index in [1.54, 1.807) is 17.8 Å². The Balaban J connectivity index is 1.32. The number of aryl methyl sites for hydroxylation is 3. The van der Waals surface area contributed by atoms with Gasteiger partial charge in [-0.05, 0) is 38.8 Å². The Labute approximate surface area is 243 Å². The van der Waals surface area contributed by atoms with Crippen LogP contribution < -0.4 is 21.1 Å². The fourth-order valence-corrected chi connectivity index (χ4v) is 6.15. The number of hydrogen-bond acceptors (Lipinski definition) is 9. The average Bonchev–Trinajstić information content (AvgIpc) is 3.39. The molecule has 0 bridgehead atoms. The van der Waals surface area contributed by atoms with Gasteiger partial charge in [-0.25, -0.2) is 15.0 Å². The molecule has 214 valence electrons. The summed E-state index contributed by atoms with van der Waals surface area (Å²) in [5, 5.41) is 12.3. The summed E-state index contributed by atoms with van der Waals surface area (Å²) >= 11 is 0. The molecule has 11 nitrogen and oxygen atoms in total. The molecule has 0 unspecified atom stereocenters. The van der Waals surface area contributed by atoms with Gasteiger partial charge in [0.05, 0.1) is 52.4 Å². The fraction of sp³-hybridized carbons (Fsp3) is 0.323. The molecule has 0 spiro atoms. The van der Waals surface area contributed by atoms with E-state index in [-0.39, 0.29) is 5.56 Å². The number of anilines is 5. The smallest absolute Gasteiger partial charge is 0.261 e. The van der Waals surface area contributed by atoms with E-state index < -0.39 is 0 Å². The molecular formula is C31H33N9O2. The number of ether oxygens (including phenoxy) is 1. The second kappa shape index (κ2) is 10.3. The largest absolute Gasteiger partial charge is 0.381 e. The van der Waals surface area contributed by atoms with Gasteiger partial charge < -0.3 is 24.8 Å². The number of aromatic nitrogens is 6. The van der Waals surface area contributed by atoms with E-state index in [2.05, 4.69) is 43.3 Å². The molecule has 6 heterocycles. The molecule has 2 N–H and O–H groups in total. The van der Waals surface area contributed by atoms with E-state index in [0.29, 0.717) is 40.1 Å². The molecule has 4 aromatic heterocycles. The van der Waals surface area contributed by atoms with Crippen LogP contribution >= 0.6 is 0 Å². The Kier molecular flexibility index (Phi) is 6.38. The number of nitrogens with zero attached hydrogens (tertiary/aromatic N) is 7. The highest BCUT2D eigenvalue weighted by molar-refractivity contribution is 5.98. The standard InChI is InChI=1S/C31H33N9O2/c1-18-14-27(34-19(2)33-18)37-28-15-25(29-23(36-28)8-11-38(3)31(29)41)35-24-7-5-6-21-22-16-32-40(20-9-12-42-13-10-20)26(22)17-39(4)30(21)24/h5-8,11,14-16,20H,9-10,12-13,17H2,1-4H3,(H2,33,34,35,36,37). The summed E-state index contributed by atoms with van der Waals surface area (Å²) < 4.78 is 9.36. The minimum atomic E-state index is -0.124. The summed E-state index contributed by atoms with van der Waals surface area (Å²) in [6.45, 7) is 6.06. The Morgan fingerprint density at radius 3 is 2.55 bits per heavy atom. The van der Waals surface area contributed by atoms with E-state index in [1.165, 1.54) is 5.69 Å². The second-order valence-corrected chi connectivity index (χ2v) is 11.1. The molecule has 42 heavy (non-hydrogen) atoms. The molecular weight excluding hydrogens is 530 g/mol. The molecule has 1 saturated heterocycles. The minimum Gasteiger partial charge on any atom is -0.381 e. The first kappa shape index (κ1) is 26.1. The lowest BCUT2D eigenvalue weighted by Gasteiger charge is -2.32. The van der Waals surface area contributed by atoms with Gasteiger partial charge in [-0.3, -0.25) is 9.48 Å². The van der Waals surface area contributed by atoms with Crippen LogP contribution in [0.5, 0.6) is 0 Å². The third-order valence-electron chi connectivity index (χ3n) is 8.06. The normalized spacial score (nSPS) is 15.0. The number of rotatable bonds is 5. The van der Waals surface area contributed by atoms with Crippen LogP contribution in [0.1, 0.15) is 36.1 Å². The van der Waals surface area contributed by atoms with Gasteiger partial charge in [-0.1, -0.05) is 12.1 Å². The Bertz CT molecular complexity index is 1870. The third kappa shape index (κ3) is 4.55. The van der Waals surface area contributed by atoms with Crippen molar-refractivity contribution in [3.63, 3.8) is 0 Å². The molecule has 0 saturated carbocycles. The van der Waals surface area contributed by atoms with Crippen molar-refractivity contribution in [2.24, 2.45) is 7.05 Å². The Morgan fingerprint density at radius 1 is 0.929 bits per heavy atom. The number of para-hydroxylation sites is 1. The summed E-state index contributed by atoms with van der Waals surface area (Å²) in [5.74, 6) is 1.89. The lowest BCUT2D eigenvalue weighted by atomic mass is 9.97. The highest BCUT2D eigenvalue weighted by Gasteiger charge is 2.29. The highest BCUT2D eigenvalue weighted by Crippen LogP contribution is 2.45. The predicted molar refractivity (Wildman–Crippen MR) is 164 cm³/mol. The van der Waals surface area contributed by atoms with Gasteiger partial charge in [0.25, 0.3) is 5.56 Å². The number of benzene rings is 1. The summed E-state index contributed by atoms with van der Waals surface area (Å²) in [6, 6.07) is 12.2. The first-order valence-electron chi connectivity index (χ1n) is 14.2. The van der Waals surface area contributed by atoms with Crippen molar-refractivity contribution in [3.8, 4) is 11.1 Å². The quantitative estimate of drug-likeness (QED) is 0.305. The number of pyridine rings is 2. The summed E-state index contributed by atoms with van der Waals surface area (Å²) in [4.78, 5) is 29.3. The van der Waals surface area contributed by atoms with Gasteiger partial charge in [0, 0.05) is 62.5 Å². The van der Waals surface area contributed by atoms with E-state index in [4.69, 9.17) is 14.8 Å². The maximum absolute atomic E-state index is 13.4. The summed E-state index contributed by atoms with van der Waals surface area (Å²) in [5.41, 5.74) is 7.42. The summed E-state index contributed by atoms with van der Waals surface area (Å²) in [7, 11) is 3.85. The zero-order chi connectivity index (χ0) is 29.0. The highest BCUT2D eigenvalue weighted by atomic mass is 16.5. The van der Waals surface area contributed by atoms with E-state index in [9.17, 15) is 4.79 Å². The van der Waals surface area contributed by atoms with Crippen LogP contribution in [0.4, 0.5) is 28.7 Å². The SMILES string of the molecule is Cc1cc(Nc2cc(Nc3cccc4c3N(C)Cc3c-4cnn3C3CCOCC3)c3c(=O)n(C)ccc3n2)nc(C)n1. The second-order valence-electron chi connectivity index (χ2n) is 11.1. The van der Waals surface area contributed by atoms with Gasteiger partial charge in [0.15, 0.2) is 0 Å². The lowest BCUT2D eigenvalue weighted by molar-refractivity contribution is 0.0654. The van der Waals surface area contributed by atoms with Gasteiger partial charge >= 0.3 is 0 Å². The van der Waals surface area contributed by atoms with Crippen LogP contribution in [0, 0.1) is 13.8 Å². The van der Waals surface area contributed by atoms with Gasteiger partial charge in [0.1, 0.15) is 17.5 Å². The molecule has 11 heteroatoms. The van der Waals surface area contributed by atoms with Crippen molar-refractivity contribution in [1.82, 2.24) is 29.3 Å². The molecule has 0 amide bonds. The first-order valence-corrected chi connectivity index (χ1v) is 14.2. The van der Waals surface area contributed by atoms with Crippen LogP contribution in [-0.2, 0) is 18.3 Å². The monoisotopic (exact) mass is 563 g/mol. The van der Waals surface area contributed by atoms with Crippen LogP contribution in [-0.4, -0.2) is 49.6 Å². The third-order valence-corrected chi connectivity index (χ3v) is 8.06. The van der Waals surface area contributed by atoms with Crippen molar-refractivity contribution in [2.75, 3.05) is 35.8 Å². The summed E-state index contributed by atoms with van der Waals surface area (Å²) in [6.07, 6.45) is 5.67. The van der Waals surface area contributed by atoms with Crippen molar-refractivity contribution in [3.05, 3.63) is 76.4 Å². The van der Waals surface area contributed by atoms with Crippen LogP contribution in [0.3, 0.4) is 0 Å². The molecule has 5 aromatic rings. The van der Waals surface area contributed by atoms with Crippen molar-refractivity contribution in [2.45, 2.75) is 39.3 Å². The van der Waals surface area contributed by atoms with Crippen LogP contribution in [0.2, 0.25) is 0 Å². The van der Waals surface area contributed by atoms with Gasteiger partial charge in [-0.15, -0.1) is 0 Å². The van der Waals surface area contributed by atoms with Crippen LogP contribution in [0.25, 0.3) is 22.0 Å². The maximum atomic E-state index is 13.4. The maximum Gasteiger partial charge on any atom is 0.261 e. The van der Waals surface area contributed by atoms with Crippen molar-refractivity contribution in [1.29, 1.82) is 0 Å². The Morgan fingerprint density at radius 2 is 1.74 bits per heavy atom. The van der Waals surface area contributed by atoms with E-state index in [1.807, 2.05) is 50.4 Å². The molecule has 2 aliphatic heterocycles. The number of hydrogen-bond donors (Lipinski definition) is 2. The zero-order valence-corrected chi connectivity index (χ0v) is 24.2. The molecule has 1 fully saturated rings. The minimum absolute atomic E-state index is 0.124. The van der Waals surface area contributed by atoms with Crippen molar-refractivity contribution >= 4 is 39.6 Å². The topological polar surface area (TPSA) is 115 Å². The fourth-order valence-electron chi connectivity index (χ4n) is 6.15. The lowest BCUT2D eigenvalue weighted by Crippen LogP contribution is -2.28. The molecule has 7 rings (SSSR count). The van der Waals surface area contributed by atoms with E-state index in [0.717, 1.165) is 60.8 Å². The first-order chi connectivity index (χ1) is 20.4. The molecule has 0 radical (unpaired) electrons. The predicted octanol–water partition coefficient (Wildman–Crippen LogP) is 4.99. The van der Waals surface area contributed by atoms with Crippen LogP contribution in [0.15, 0.2) is 53.6 Å². The molecule has 0 atom stereocenters. The molecule has 0 aliphatic carbocycles. The zero-order valence-electron chi connectivity index (χ0n) is 24.2. The van der Waals surface area contributed by atoms with Gasteiger partial charge in [-0.2, -0.15) is 5.10 Å². The van der Waals surface area contributed by atoms with Crippen molar-refractivity contribution < 1.29 is 4.74 Å². The Hall–Kier alpha value is -4.77. The molecule has 1 aromatic carbocycles. The molecule has 2 aliphatic rings. The number of nitrogens with one attached hydrogen (secondary N) is 2. The average molecular weight is 564 g/mol. The van der Waals surface area contributed by atoms with E-state index >= 15 is 0 Å². The van der Waals surface area contributed by atoms with Gasteiger partial charge in [0.2, 0.25) is 0 Å².